The molecule has 0 spiro atoms. The molecule has 1 amide bonds. The van der Waals surface area contributed by atoms with Crippen LogP contribution in [-0.4, -0.2) is 45.8 Å². The number of hydrogen-bond acceptors (Lipinski definition) is 3. The molecule has 17 heavy (non-hydrogen) atoms. The Morgan fingerprint density at radius 2 is 2.24 bits per heavy atom. The van der Waals surface area contributed by atoms with Crippen LogP contribution >= 0.6 is 0 Å². The first-order chi connectivity index (χ1) is 8.00. The number of rotatable bonds is 1. The molecule has 2 rings (SSSR count). The van der Waals surface area contributed by atoms with Gasteiger partial charge in [0, 0.05) is 37.9 Å². The number of carbonyl (C=O) groups excluding carboxylic acids is 1. The van der Waals surface area contributed by atoms with Crippen molar-refractivity contribution in [1.29, 1.82) is 0 Å². The third-order valence-electron chi connectivity index (χ3n) is 3.49. The summed E-state index contributed by atoms with van der Waals surface area (Å²) in [7, 11) is 1.86. The molecular weight excluding hydrogens is 216 g/mol. The van der Waals surface area contributed by atoms with Crippen molar-refractivity contribution in [1.82, 2.24) is 20.0 Å². The lowest BCUT2D eigenvalue weighted by Gasteiger charge is -2.37. The SMILES string of the molecule is Cc1c(C(=O)N2CC(C)NCC2C)cnn1C. The molecule has 5 nitrogen and oxygen atoms in total. The van der Waals surface area contributed by atoms with Crippen LogP contribution in [0.25, 0.3) is 0 Å². The van der Waals surface area contributed by atoms with Crippen molar-refractivity contribution in [2.75, 3.05) is 13.1 Å². The van der Waals surface area contributed by atoms with Crippen LogP contribution in [0, 0.1) is 6.92 Å². The maximum atomic E-state index is 12.4. The number of amides is 1. The van der Waals surface area contributed by atoms with Crippen LogP contribution in [-0.2, 0) is 7.05 Å². The first-order valence-corrected chi connectivity index (χ1v) is 6.03. The summed E-state index contributed by atoms with van der Waals surface area (Å²) in [6, 6.07) is 0.588. The summed E-state index contributed by atoms with van der Waals surface area (Å²) < 4.78 is 1.74. The molecule has 1 aromatic rings. The fourth-order valence-electron chi connectivity index (χ4n) is 2.17. The van der Waals surface area contributed by atoms with E-state index >= 15 is 0 Å². The van der Waals surface area contributed by atoms with Gasteiger partial charge in [0.1, 0.15) is 0 Å². The molecule has 1 fully saturated rings. The van der Waals surface area contributed by atoms with E-state index in [1.165, 1.54) is 0 Å². The minimum Gasteiger partial charge on any atom is -0.333 e. The van der Waals surface area contributed by atoms with Crippen molar-refractivity contribution in [3.8, 4) is 0 Å². The Morgan fingerprint density at radius 3 is 2.82 bits per heavy atom. The minimum atomic E-state index is 0.0939. The Labute approximate surface area is 102 Å². The molecule has 1 saturated heterocycles. The third-order valence-corrected chi connectivity index (χ3v) is 3.49. The summed E-state index contributed by atoms with van der Waals surface area (Å²) in [5.41, 5.74) is 1.64. The zero-order valence-electron chi connectivity index (χ0n) is 10.9. The Hall–Kier alpha value is -1.36. The highest BCUT2D eigenvalue weighted by atomic mass is 16.2. The van der Waals surface area contributed by atoms with Gasteiger partial charge in [0.25, 0.3) is 5.91 Å². The van der Waals surface area contributed by atoms with Gasteiger partial charge in [0.2, 0.25) is 0 Å². The molecule has 1 aromatic heterocycles. The lowest BCUT2D eigenvalue weighted by molar-refractivity contribution is 0.0615. The molecule has 2 heterocycles. The highest BCUT2D eigenvalue weighted by Crippen LogP contribution is 2.14. The Balaban J connectivity index is 2.22. The number of piperazine rings is 1. The topological polar surface area (TPSA) is 50.2 Å². The van der Waals surface area contributed by atoms with Crippen molar-refractivity contribution in [3.63, 3.8) is 0 Å². The predicted octanol–water partition coefficient (Wildman–Crippen LogP) is 0.551. The van der Waals surface area contributed by atoms with Crippen LogP contribution in [0.15, 0.2) is 6.20 Å². The van der Waals surface area contributed by atoms with Gasteiger partial charge in [0.15, 0.2) is 0 Å². The average molecular weight is 236 g/mol. The van der Waals surface area contributed by atoms with Gasteiger partial charge in [0.05, 0.1) is 11.8 Å². The highest BCUT2D eigenvalue weighted by Gasteiger charge is 2.28. The third kappa shape index (κ3) is 2.20. The van der Waals surface area contributed by atoms with E-state index in [9.17, 15) is 4.79 Å². The summed E-state index contributed by atoms with van der Waals surface area (Å²) in [5, 5.41) is 7.50. The van der Waals surface area contributed by atoms with E-state index in [2.05, 4.69) is 24.3 Å². The van der Waals surface area contributed by atoms with Crippen LogP contribution in [0.5, 0.6) is 0 Å². The van der Waals surface area contributed by atoms with Gasteiger partial charge in [-0.15, -0.1) is 0 Å². The summed E-state index contributed by atoms with van der Waals surface area (Å²) in [6.07, 6.45) is 1.66. The first-order valence-electron chi connectivity index (χ1n) is 6.03. The highest BCUT2D eigenvalue weighted by molar-refractivity contribution is 5.95. The van der Waals surface area contributed by atoms with Crippen LogP contribution in [0.4, 0.5) is 0 Å². The van der Waals surface area contributed by atoms with Gasteiger partial charge in [-0.3, -0.25) is 9.48 Å². The average Bonchev–Trinajstić information content (AvgIpc) is 2.62. The smallest absolute Gasteiger partial charge is 0.257 e. The largest absolute Gasteiger partial charge is 0.333 e. The van der Waals surface area contributed by atoms with Crippen molar-refractivity contribution in [2.24, 2.45) is 7.05 Å². The lowest BCUT2D eigenvalue weighted by atomic mass is 10.1. The van der Waals surface area contributed by atoms with E-state index in [0.29, 0.717) is 11.6 Å². The molecule has 0 radical (unpaired) electrons. The van der Waals surface area contributed by atoms with Gasteiger partial charge >= 0.3 is 0 Å². The van der Waals surface area contributed by atoms with E-state index in [-0.39, 0.29) is 11.9 Å². The quantitative estimate of drug-likeness (QED) is 0.774. The Kier molecular flexibility index (Phi) is 3.19. The zero-order chi connectivity index (χ0) is 12.6. The molecule has 2 unspecified atom stereocenters. The predicted molar refractivity (Wildman–Crippen MR) is 65.9 cm³/mol. The number of nitrogens with one attached hydrogen (secondary N) is 1. The molecule has 0 aromatic carbocycles. The van der Waals surface area contributed by atoms with E-state index in [0.717, 1.165) is 18.8 Å². The van der Waals surface area contributed by atoms with Gasteiger partial charge in [-0.1, -0.05) is 0 Å². The number of aromatic nitrogens is 2. The minimum absolute atomic E-state index is 0.0939. The first kappa shape index (κ1) is 12.1. The van der Waals surface area contributed by atoms with E-state index < -0.39 is 0 Å². The van der Waals surface area contributed by atoms with Gasteiger partial charge in [-0.25, -0.2) is 0 Å². The fourth-order valence-corrected chi connectivity index (χ4v) is 2.17. The van der Waals surface area contributed by atoms with Gasteiger partial charge in [-0.05, 0) is 20.8 Å². The van der Waals surface area contributed by atoms with Gasteiger partial charge in [-0.2, -0.15) is 5.10 Å². The number of hydrogen-bond donors (Lipinski definition) is 1. The van der Waals surface area contributed by atoms with Crippen LogP contribution in [0.1, 0.15) is 29.9 Å². The monoisotopic (exact) mass is 236 g/mol. The molecule has 5 heteroatoms. The van der Waals surface area contributed by atoms with Crippen LogP contribution < -0.4 is 5.32 Å². The van der Waals surface area contributed by atoms with E-state index in [4.69, 9.17) is 0 Å². The molecule has 1 aliphatic rings. The number of nitrogens with zero attached hydrogens (tertiary/aromatic N) is 3. The Bertz CT molecular complexity index is 426. The summed E-state index contributed by atoms with van der Waals surface area (Å²) >= 11 is 0. The summed E-state index contributed by atoms with van der Waals surface area (Å²) in [5.74, 6) is 0.0939. The lowest BCUT2D eigenvalue weighted by Crippen LogP contribution is -2.56. The molecular formula is C12H20N4O. The normalized spacial score (nSPS) is 25.1. The molecule has 1 aliphatic heterocycles. The van der Waals surface area contributed by atoms with E-state index in [1.807, 2.05) is 18.9 Å². The molecule has 0 bridgehead atoms. The zero-order valence-corrected chi connectivity index (χ0v) is 10.9. The van der Waals surface area contributed by atoms with E-state index in [1.54, 1.807) is 10.9 Å². The second kappa shape index (κ2) is 4.49. The number of carbonyl (C=O) groups is 1. The summed E-state index contributed by atoms with van der Waals surface area (Å²) in [4.78, 5) is 14.4. The molecule has 1 N–H and O–H groups in total. The maximum Gasteiger partial charge on any atom is 0.257 e. The molecule has 0 aliphatic carbocycles. The molecule has 2 atom stereocenters. The maximum absolute atomic E-state index is 12.4. The van der Waals surface area contributed by atoms with Gasteiger partial charge < -0.3 is 10.2 Å². The summed E-state index contributed by atoms with van der Waals surface area (Å²) in [6.45, 7) is 7.71. The second-order valence-corrected chi connectivity index (χ2v) is 4.88. The van der Waals surface area contributed by atoms with Crippen LogP contribution in [0.2, 0.25) is 0 Å². The van der Waals surface area contributed by atoms with Crippen molar-refractivity contribution in [2.45, 2.75) is 32.9 Å². The standard InChI is InChI=1S/C12H20N4O/c1-8-7-16(9(2)5-13-8)12(17)11-6-14-15(4)10(11)3/h6,8-9,13H,5,7H2,1-4H3. The number of aryl methyl sites for hydroxylation is 1. The molecule has 94 valence electrons. The Morgan fingerprint density at radius 1 is 1.53 bits per heavy atom. The van der Waals surface area contributed by atoms with Crippen LogP contribution in [0.3, 0.4) is 0 Å². The van der Waals surface area contributed by atoms with Crippen molar-refractivity contribution in [3.05, 3.63) is 17.5 Å². The fraction of sp³-hybridized carbons (Fsp3) is 0.667. The second-order valence-electron chi connectivity index (χ2n) is 4.88. The molecule has 0 saturated carbocycles. The van der Waals surface area contributed by atoms with Crippen molar-refractivity contribution < 1.29 is 4.79 Å². The van der Waals surface area contributed by atoms with Crippen molar-refractivity contribution >= 4 is 5.91 Å².